The summed E-state index contributed by atoms with van der Waals surface area (Å²) >= 11 is 13.8. The minimum Gasteiger partial charge on any atom is -0.223 e. The molecular weight excluding hydrogens is 261 g/mol. The van der Waals surface area contributed by atoms with Crippen molar-refractivity contribution in [3.05, 3.63) is 40.1 Å². The number of nitrogens with zero attached hydrogens (tertiary/aromatic N) is 1. The lowest BCUT2D eigenvalue weighted by Crippen LogP contribution is -1.83. The van der Waals surface area contributed by atoms with Crippen LogP contribution >= 0.6 is 34.5 Å². The van der Waals surface area contributed by atoms with E-state index >= 15 is 0 Å². The predicted octanol–water partition coefficient (Wildman–Crippen LogP) is 5.06. The number of benzene rings is 1. The Hall–Kier alpha value is -0.830. The fraction of sp³-hybridized carbons (Fsp3) is 0.0833. The van der Waals surface area contributed by atoms with Crippen molar-refractivity contribution in [3.8, 4) is 0 Å². The van der Waals surface area contributed by atoms with Crippen LogP contribution in [0.15, 0.2) is 24.3 Å². The quantitative estimate of drug-likeness (QED) is 0.519. The molecule has 0 aliphatic carbocycles. The lowest BCUT2D eigenvalue weighted by Gasteiger charge is -2.01. The zero-order chi connectivity index (χ0) is 11.3. The van der Waals surface area contributed by atoms with Gasteiger partial charge in [-0.25, -0.2) is 4.98 Å². The van der Waals surface area contributed by atoms with E-state index in [0.717, 1.165) is 15.6 Å². The number of fused-ring (bicyclic) bond motifs is 3. The summed E-state index contributed by atoms with van der Waals surface area (Å²) in [5.74, 6) is 0. The smallest absolute Gasteiger partial charge is 0.148 e. The molecule has 3 aromatic rings. The van der Waals surface area contributed by atoms with Gasteiger partial charge in [0.05, 0.1) is 4.70 Å². The fourth-order valence-corrected chi connectivity index (χ4v) is 3.55. The molecule has 0 bridgehead atoms. The van der Waals surface area contributed by atoms with E-state index in [1.54, 1.807) is 11.3 Å². The molecule has 2 heterocycles. The molecule has 0 aliphatic rings. The summed E-state index contributed by atoms with van der Waals surface area (Å²) < 4.78 is 2.23. The van der Waals surface area contributed by atoms with Crippen LogP contribution in [0.4, 0.5) is 0 Å². The Kier molecular flexibility index (Phi) is 2.32. The standard InChI is InChI=1S/C12H7Cl2NS/c1-6-9-7-4-2-3-5-8(7)16-10(9)12(14)15-11(6)13/h2-5H,1H3. The Bertz CT molecular complexity index is 703. The van der Waals surface area contributed by atoms with E-state index in [4.69, 9.17) is 23.2 Å². The topological polar surface area (TPSA) is 12.9 Å². The van der Waals surface area contributed by atoms with Gasteiger partial charge in [-0.2, -0.15) is 0 Å². The van der Waals surface area contributed by atoms with Crippen LogP contribution in [-0.4, -0.2) is 4.98 Å². The van der Waals surface area contributed by atoms with Gasteiger partial charge < -0.3 is 0 Å². The van der Waals surface area contributed by atoms with Crippen molar-refractivity contribution < 1.29 is 0 Å². The molecule has 0 atom stereocenters. The van der Waals surface area contributed by atoms with E-state index in [-0.39, 0.29) is 0 Å². The van der Waals surface area contributed by atoms with Crippen molar-refractivity contribution in [2.24, 2.45) is 0 Å². The maximum absolute atomic E-state index is 6.12. The maximum atomic E-state index is 6.12. The number of thiophene rings is 1. The average Bonchev–Trinajstić information content (AvgIpc) is 2.66. The zero-order valence-corrected chi connectivity index (χ0v) is 10.7. The summed E-state index contributed by atoms with van der Waals surface area (Å²) in [6, 6.07) is 8.23. The van der Waals surface area contributed by atoms with Crippen LogP contribution in [0.5, 0.6) is 0 Å². The van der Waals surface area contributed by atoms with Crippen LogP contribution in [0.3, 0.4) is 0 Å². The van der Waals surface area contributed by atoms with E-state index in [2.05, 4.69) is 17.1 Å². The van der Waals surface area contributed by atoms with Crippen molar-refractivity contribution in [2.75, 3.05) is 0 Å². The molecule has 0 spiro atoms. The molecule has 16 heavy (non-hydrogen) atoms. The van der Waals surface area contributed by atoms with Crippen LogP contribution in [0, 0.1) is 6.92 Å². The summed E-state index contributed by atoms with van der Waals surface area (Å²) in [5.41, 5.74) is 0.999. The van der Waals surface area contributed by atoms with Gasteiger partial charge in [-0.15, -0.1) is 11.3 Å². The number of halogens is 2. The average molecular weight is 268 g/mol. The Morgan fingerprint density at radius 3 is 2.69 bits per heavy atom. The lowest BCUT2D eigenvalue weighted by molar-refractivity contribution is 1.32. The molecule has 0 amide bonds. The van der Waals surface area contributed by atoms with Gasteiger partial charge in [0.2, 0.25) is 0 Å². The second-order valence-corrected chi connectivity index (χ2v) is 5.39. The van der Waals surface area contributed by atoms with Gasteiger partial charge in [-0.1, -0.05) is 41.4 Å². The Morgan fingerprint density at radius 2 is 1.88 bits per heavy atom. The van der Waals surface area contributed by atoms with Crippen molar-refractivity contribution in [1.82, 2.24) is 4.98 Å². The molecule has 0 unspecified atom stereocenters. The number of hydrogen-bond acceptors (Lipinski definition) is 2. The third-order valence-corrected chi connectivity index (χ3v) is 4.59. The van der Waals surface area contributed by atoms with E-state index in [9.17, 15) is 0 Å². The number of aromatic nitrogens is 1. The van der Waals surface area contributed by atoms with Gasteiger partial charge >= 0.3 is 0 Å². The van der Waals surface area contributed by atoms with Crippen LogP contribution in [0.2, 0.25) is 10.3 Å². The number of hydrogen-bond donors (Lipinski definition) is 0. The highest BCUT2D eigenvalue weighted by atomic mass is 35.5. The van der Waals surface area contributed by atoms with E-state index in [1.165, 1.54) is 10.1 Å². The summed E-state index contributed by atoms with van der Waals surface area (Å²) in [4.78, 5) is 4.14. The van der Waals surface area contributed by atoms with Gasteiger partial charge in [-0.05, 0) is 18.6 Å². The Labute approximate surface area is 107 Å². The molecule has 0 fully saturated rings. The van der Waals surface area contributed by atoms with Crippen molar-refractivity contribution in [3.63, 3.8) is 0 Å². The van der Waals surface area contributed by atoms with E-state index in [0.29, 0.717) is 10.3 Å². The highest BCUT2D eigenvalue weighted by molar-refractivity contribution is 7.26. The summed E-state index contributed by atoms with van der Waals surface area (Å²) in [5, 5.41) is 3.31. The minimum atomic E-state index is 0.487. The third-order valence-electron chi connectivity index (χ3n) is 2.66. The first kappa shape index (κ1) is 10.3. The van der Waals surface area contributed by atoms with Crippen LogP contribution < -0.4 is 0 Å². The first-order valence-electron chi connectivity index (χ1n) is 4.81. The van der Waals surface area contributed by atoms with Gasteiger partial charge in [-0.3, -0.25) is 0 Å². The van der Waals surface area contributed by atoms with E-state index in [1.807, 2.05) is 19.1 Å². The summed E-state index contributed by atoms with van der Waals surface area (Å²) in [6.45, 7) is 1.98. The predicted molar refractivity (Wildman–Crippen MR) is 71.9 cm³/mol. The van der Waals surface area contributed by atoms with Gasteiger partial charge in [0, 0.05) is 15.5 Å². The molecule has 0 saturated carbocycles. The number of aryl methyl sites for hydroxylation is 1. The fourth-order valence-electron chi connectivity index (χ4n) is 1.89. The molecule has 0 N–H and O–H groups in total. The monoisotopic (exact) mass is 267 g/mol. The summed E-state index contributed by atoms with van der Waals surface area (Å²) in [7, 11) is 0. The van der Waals surface area contributed by atoms with Crippen LogP contribution in [0.25, 0.3) is 20.2 Å². The first-order chi connectivity index (χ1) is 7.68. The molecule has 4 heteroatoms. The van der Waals surface area contributed by atoms with Crippen LogP contribution in [-0.2, 0) is 0 Å². The van der Waals surface area contributed by atoms with Crippen molar-refractivity contribution >= 4 is 54.7 Å². The van der Waals surface area contributed by atoms with Crippen molar-refractivity contribution in [1.29, 1.82) is 0 Å². The van der Waals surface area contributed by atoms with Gasteiger partial charge in [0.1, 0.15) is 10.3 Å². The molecule has 0 radical (unpaired) electrons. The molecular formula is C12H7Cl2NS. The van der Waals surface area contributed by atoms with Gasteiger partial charge in [0.15, 0.2) is 0 Å². The number of rotatable bonds is 0. The zero-order valence-electron chi connectivity index (χ0n) is 8.42. The van der Waals surface area contributed by atoms with E-state index < -0.39 is 0 Å². The number of pyridine rings is 1. The van der Waals surface area contributed by atoms with Gasteiger partial charge in [0.25, 0.3) is 0 Å². The van der Waals surface area contributed by atoms with Crippen LogP contribution in [0.1, 0.15) is 5.56 Å². The molecule has 0 saturated heterocycles. The third kappa shape index (κ3) is 1.34. The molecule has 2 aromatic heterocycles. The SMILES string of the molecule is Cc1c(Cl)nc(Cl)c2sc3ccccc3c12. The highest BCUT2D eigenvalue weighted by Gasteiger charge is 2.13. The maximum Gasteiger partial charge on any atom is 0.148 e. The molecule has 1 nitrogen and oxygen atoms in total. The first-order valence-corrected chi connectivity index (χ1v) is 6.38. The normalized spacial score (nSPS) is 11.4. The molecule has 3 rings (SSSR count). The van der Waals surface area contributed by atoms with Crippen molar-refractivity contribution in [2.45, 2.75) is 6.92 Å². The Morgan fingerprint density at radius 1 is 1.12 bits per heavy atom. The molecule has 80 valence electrons. The Balaban J connectivity index is 2.66. The summed E-state index contributed by atoms with van der Waals surface area (Å²) in [6.07, 6.45) is 0. The molecule has 0 aliphatic heterocycles. The second-order valence-electron chi connectivity index (χ2n) is 3.62. The highest BCUT2D eigenvalue weighted by Crippen LogP contribution is 2.40. The lowest BCUT2D eigenvalue weighted by atomic mass is 10.1. The molecule has 1 aromatic carbocycles. The largest absolute Gasteiger partial charge is 0.223 e. The minimum absolute atomic E-state index is 0.487. The second kappa shape index (κ2) is 3.59.